The van der Waals surface area contributed by atoms with Gasteiger partial charge in [-0.1, -0.05) is 45.0 Å². The number of rotatable bonds is 7. The molecule has 1 aromatic heterocycles. The average molecular weight is 485 g/mol. The van der Waals surface area contributed by atoms with Gasteiger partial charge in [0.05, 0.1) is 12.0 Å². The van der Waals surface area contributed by atoms with Gasteiger partial charge < -0.3 is 9.47 Å². The van der Waals surface area contributed by atoms with E-state index in [1.807, 2.05) is 47.9 Å². The highest BCUT2D eigenvalue weighted by atomic mass is 79.9. The number of ketones is 1. The molecular formula is C25H25BrO3S. The van der Waals surface area contributed by atoms with E-state index in [9.17, 15) is 4.79 Å². The van der Waals surface area contributed by atoms with Crippen LogP contribution < -0.4 is 9.47 Å². The monoisotopic (exact) mass is 484 g/mol. The number of benzene rings is 2. The number of ether oxygens (including phenoxy) is 2. The van der Waals surface area contributed by atoms with Crippen molar-refractivity contribution in [1.29, 1.82) is 0 Å². The van der Waals surface area contributed by atoms with E-state index in [2.05, 4.69) is 48.8 Å². The summed E-state index contributed by atoms with van der Waals surface area (Å²) in [5.74, 6) is 1.55. The summed E-state index contributed by atoms with van der Waals surface area (Å²) in [7, 11) is 1.64. The normalized spacial score (nSPS) is 11.6. The lowest BCUT2D eigenvalue weighted by Gasteiger charge is -2.19. The molecule has 0 fully saturated rings. The molecule has 3 rings (SSSR count). The van der Waals surface area contributed by atoms with E-state index < -0.39 is 0 Å². The Morgan fingerprint density at radius 3 is 2.43 bits per heavy atom. The zero-order chi connectivity index (χ0) is 21.7. The molecule has 0 aliphatic carbocycles. The third-order valence-corrected chi connectivity index (χ3v) is 6.36. The molecule has 0 aliphatic heterocycles. The largest absolute Gasteiger partial charge is 0.496 e. The van der Waals surface area contributed by atoms with Gasteiger partial charge in [0.1, 0.15) is 18.1 Å². The van der Waals surface area contributed by atoms with Crippen LogP contribution in [0.2, 0.25) is 0 Å². The fourth-order valence-electron chi connectivity index (χ4n) is 2.92. The Morgan fingerprint density at radius 2 is 1.83 bits per heavy atom. The zero-order valence-corrected chi connectivity index (χ0v) is 20.0. The highest BCUT2D eigenvalue weighted by Crippen LogP contribution is 2.27. The highest BCUT2D eigenvalue weighted by molar-refractivity contribution is 9.10. The molecule has 0 atom stereocenters. The Hall–Kier alpha value is -2.37. The lowest BCUT2D eigenvalue weighted by Crippen LogP contribution is -2.10. The molecule has 0 amide bonds. The molecule has 0 bridgehead atoms. The molecule has 5 heteroatoms. The molecule has 0 saturated heterocycles. The van der Waals surface area contributed by atoms with E-state index in [0.29, 0.717) is 11.5 Å². The van der Waals surface area contributed by atoms with Crippen LogP contribution in [0.4, 0.5) is 0 Å². The molecule has 1 heterocycles. The van der Waals surface area contributed by atoms with E-state index in [4.69, 9.17) is 9.47 Å². The van der Waals surface area contributed by atoms with E-state index in [1.165, 1.54) is 16.9 Å². The first-order valence-corrected chi connectivity index (χ1v) is 11.3. The van der Waals surface area contributed by atoms with Crippen LogP contribution in [0.3, 0.4) is 0 Å². The van der Waals surface area contributed by atoms with Crippen molar-refractivity contribution in [3.05, 3.63) is 86.0 Å². The Morgan fingerprint density at radius 1 is 1.10 bits per heavy atom. The predicted octanol–water partition coefficient (Wildman–Crippen LogP) is 7.29. The summed E-state index contributed by atoms with van der Waals surface area (Å²) >= 11 is 4.80. The molecule has 0 radical (unpaired) electrons. The van der Waals surface area contributed by atoms with Crippen LogP contribution in [0, 0.1) is 0 Å². The smallest absolute Gasteiger partial charge is 0.195 e. The lowest BCUT2D eigenvalue weighted by molar-refractivity contribution is 0.105. The predicted molar refractivity (Wildman–Crippen MR) is 128 cm³/mol. The Bertz CT molecular complexity index is 1040. The standard InChI is InChI=1S/C25H25BrO3S/c1-25(2,3)19-7-9-21(10-8-19)29-15-18-13-17(6-12-23(18)28-4)5-11-22(27)24-14-20(26)16-30-24/h5-14,16H,15H2,1-4H3/b11-5+. The SMILES string of the molecule is COc1ccc(/C=C/C(=O)c2cc(Br)cs2)cc1COc1ccc(C(C)(C)C)cc1. The maximum atomic E-state index is 12.3. The van der Waals surface area contributed by atoms with Gasteiger partial charge in [0.15, 0.2) is 5.78 Å². The minimum Gasteiger partial charge on any atom is -0.496 e. The first kappa shape index (κ1) is 22.3. The quantitative estimate of drug-likeness (QED) is 0.260. The second-order valence-electron chi connectivity index (χ2n) is 7.96. The molecule has 0 N–H and O–H groups in total. The van der Waals surface area contributed by atoms with Crippen LogP contribution in [0.25, 0.3) is 6.08 Å². The topological polar surface area (TPSA) is 35.5 Å². The van der Waals surface area contributed by atoms with Crippen LogP contribution in [0.1, 0.15) is 47.1 Å². The molecule has 3 nitrogen and oxygen atoms in total. The van der Waals surface area contributed by atoms with Gasteiger partial charge in [-0.25, -0.2) is 0 Å². The van der Waals surface area contributed by atoms with Crippen molar-refractivity contribution in [3.8, 4) is 11.5 Å². The van der Waals surface area contributed by atoms with Crippen LogP contribution in [0.15, 0.2) is 64.5 Å². The zero-order valence-electron chi connectivity index (χ0n) is 17.6. The first-order chi connectivity index (χ1) is 14.3. The minimum absolute atomic E-state index is 0.0155. The van der Waals surface area contributed by atoms with Crippen LogP contribution in [-0.2, 0) is 12.0 Å². The molecule has 30 heavy (non-hydrogen) atoms. The van der Waals surface area contributed by atoms with E-state index in [-0.39, 0.29) is 11.2 Å². The molecule has 2 aromatic carbocycles. The van der Waals surface area contributed by atoms with Crippen molar-refractivity contribution in [2.45, 2.75) is 32.8 Å². The van der Waals surface area contributed by atoms with E-state index >= 15 is 0 Å². The molecule has 0 spiro atoms. The minimum atomic E-state index is -0.0155. The lowest BCUT2D eigenvalue weighted by atomic mass is 9.87. The van der Waals surface area contributed by atoms with Crippen molar-refractivity contribution in [2.24, 2.45) is 0 Å². The van der Waals surface area contributed by atoms with Crippen molar-refractivity contribution >= 4 is 39.1 Å². The molecule has 0 saturated carbocycles. The Kier molecular flexibility index (Phi) is 7.16. The number of hydrogen-bond acceptors (Lipinski definition) is 4. The maximum Gasteiger partial charge on any atom is 0.195 e. The summed E-state index contributed by atoms with van der Waals surface area (Å²) in [6.07, 6.45) is 3.41. The number of hydrogen-bond donors (Lipinski definition) is 0. The van der Waals surface area contributed by atoms with Gasteiger partial charge >= 0.3 is 0 Å². The summed E-state index contributed by atoms with van der Waals surface area (Å²) in [6.45, 7) is 6.95. The number of thiophene rings is 1. The molecule has 0 aliphatic rings. The maximum absolute atomic E-state index is 12.3. The summed E-state index contributed by atoms with van der Waals surface area (Å²) in [4.78, 5) is 13.0. The molecule has 3 aromatic rings. The Labute approximate surface area is 190 Å². The summed E-state index contributed by atoms with van der Waals surface area (Å²) < 4.78 is 12.4. The van der Waals surface area contributed by atoms with E-state index in [0.717, 1.165) is 27.1 Å². The van der Waals surface area contributed by atoms with Gasteiger partial charge in [-0.3, -0.25) is 4.79 Å². The third-order valence-electron chi connectivity index (χ3n) is 4.66. The van der Waals surface area contributed by atoms with E-state index in [1.54, 1.807) is 13.2 Å². The van der Waals surface area contributed by atoms with Gasteiger partial charge in [0.25, 0.3) is 0 Å². The molecule has 0 unspecified atom stereocenters. The highest BCUT2D eigenvalue weighted by Gasteiger charge is 2.13. The van der Waals surface area contributed by atoms with Gasteiger partial charge in [-0.15, -0.1) is 11.3 Å². The summed E-state index contributed by atoms with van der Waals surface area (Å²) in [5, 5.41) is 1.90. The van der Waals surface area contributed by atoms with Gasteiger partial charge in [-0.2, -0.15) is 0 Å². The van der Waals surface area contributed by atoms with Crippen molar-refractivity contribution < 1.29 is 14.3 Å². The summed E-state index contributed by atoms with van der Waals surface area (Å²) in [6, 6.07) is 15.8. The number of carbonyl (C=O) groups excluding carboxylic acids is 1. The summed E-state index contributed by atoms with van der Waals surface area (Å²) in [5.41, 5.74) is 3.22. The fourth-order valence-corrected chi connectivity index (χ4v) is 4.27. The Balaban J connectivity index is 1.71. The van der Waals surface area contributed by atoms with Crippen molar-refractivity contribution in [3.63, 3.8) is 0 Å². The average Bonchev–Trinajstić information content (AvgIpc) is 3.16. The number of carbonyl (C=O) groups is 1. The molecular weight excluding hydrogens is 460 g/mol. The first-order valence-electron chi connectivity index (χ1n) is 9.63. The second kappa shape index (κ2) is 9.63. The number of methoxy groups -OCH3 is 1. The number of allylic oxidation sites excluding steroid dienone is 1. The van der Waals surface area contributed by atoms with Gasteiger partial charge in [0, 0.05) is 15.4 Å². The van der Waals surface area contributed by atoms with Crippen molar-refractivity contribution in [1.82, 2.24) is 0 Å². The molecule has 156 valence electrons. The third kappa shape index (κ3) is 5.83. The van der Waals surface area contributed by atoms with Crippen molar-refractivity contribution in [2.75, 3.05) is 7.11 Å². The number of halogens is 1. The second-order valence-corrected chi connectivity index (χ2v) is 9.79. The van der Waals surface area contributed by atoms with Gasteiger partial charge in [-0.05, 0) is 68.9 Å². The van der Waals surface area contributed by atoms with Crippen LogP contribution in [0.5, 0.6) is 11.5 Å². The van der Waals surface area contributed by atoms with Gasteiger partial charge in [0.2, 0.25) is 0 Å². The van der Waals surface area contributed by atoms with Crippen LogP contribution in [-0.4, -0.2) is 12.9 Å². The van der Waals surface area contributed by atoms with Crippen LogP contribution >= 0.6 is 27.3 Å². The fraction of sp³-hybridized carbons (Fsp3) is 0.240.